The molecule has 3 rings (SSSR count). The molecule has 4 nitrogen and oxygen atoms in total. The molecule has 0 amide bonds. The van der Waals surface area contributed by atoms with E-state index in [0.29, 0.717) is 13.0 Å². The van der Waals surface area contributed by atoms with Crippen LogP contribution >= 0.6 is 0 Å². The molecule has 1 aromatic rings. The van der Waals surface area contributed by atoms with Crippen molar-refractivity contribution in [2.75, 3.05) is 13.7 Å². The number of benzene rings is 1. The Hall–Kier alpha value is -1.26. The van der Waals surface area contributed by atoms with Gasteiger partial charge in [0.1, 0.15) is 17.1 Å². The highest BCUT2D eigenvalue weighted by atomic mass is 16.5. The summed E-state index contributed by atoms with van der Waals surface area (Å²) in [5.74, 6) is 1.52. The lowest BCUT2D eigenvalue weighted by Gasteiger charge is -2.44. The van der Waals surface area contributed by atoms with Crippen LogP contribution in [0, 0.1) is 0 Å². The molecule has 3 unspecified atom stereocenters. The molecule has 1 spiro atoms. The van der Waals surface area contributed by atoms with Crippen LogP contribution in [-0.4, -0.2) is 30.5 Å². The van der Waals surface area contributed by atoms with Crippen LogP contribution in [0.2, 0.25) is 0 Å². The Morgan fingerprint density at radius 1 is 1.37 bits per heavy atom. The van der Waals surface area contributed by atoms with Crippen molar-refractivity contribution in [1.82, 2.24) is 0 Å². The highest BCUT2D eigenvalue weighted by Gasteiger charge is 2.43. The van der Waals surface area contributed by atoms with Crippen LogP contribution in [0.15, 0.2) is 18.2 Å². The van der Waals surface area contributed by atoms with Crippen LogP contribution < -0.4 is 9.47 Å². The molecule has 1 aromatic carbocycles. The quantitative estimate of drug-likeness (QED) is 0.846. The molecule has 1 saturated heterocycles. The average molecular weight is 264 g/mol. The molecular weight excluding hydrogens is 244 g/mol. The minimum absolute atomic E-state index is 0.181. The monoisotopic (exact) mass is 264 g/mol. The Labute approximate surface area is 113 Å². The van der Waals surface area contributed by atoms with Gasteiger partial charge in [0.05, 0.1) is 25.9 Å². The number of aliphatic hydroxyl groups excluding tert-OH is 1. The van der Waals surface area contributed by atoms with Gasteiger partial charge in [-0.25, -0.2) is 0 Å². The van der Waals surface area contributed by atoms with Gasteiger partial charge in [-0.1, -0.05) is 0 Å². The molecule has 2 aliphatic heterocycles. The molecular formula is C15H20O4. The number of fused-ring (bicyclic) bond motifs is 1. The zero-order valence-electron chi connectivity index (χ0n) is 11.4. The largest absolute Gasteiger partial charge is 0.497 e. The Morgan fingerprint density at radius 2 is 2.21 bits per heavy atom. The first-order chi connectivity index (χ1) is 9.12. The van der Waals surface area contributed by atoms with Crippen molar-refractivity contribution in [2.24, 2.45) is 0 Å². The van der Waals surface area contributed by atoms with Crippen LogP contribution in [0.5, 0.6) is 11.5 Å². The molecule has 4 heteroatoms. The lowest BCUT2D eigenvalue weighted by atomic mass is 9.81. The summed E-state index contributed by atoms with van der Waals surface area (Å²) < 4.78 is 17.0. The molecule has 2 heterocycles. The van der Waals surface area contributed by atoms with Gasteiger partial charge in [-0.3, -0.25) is 0 Å². The van der Waals surface area contributed by atoms with E-state index in [0.717, 1.165) is 29.9 Å². The molecule has 0 aliphatic carbocycles. The third kappa shape index (κ3) is 2.30. The van der Waals surface area contributed by atoms with E-state index < -0.39 is 6.10 Å². The van der Waals surface area contributed by atoms with Crippen LogP contribution in [0.3, 0.4) is 0 Å². The summed E-state index contributed by atoms with van der Waals surface area (Å²) in [6, 6.07) is 5.61. The molecule has 1 fully saturated rings. The van der Waals surface area contributed by atoms with E-state index in [2.05, 4.69) is 6.92 Å². The van der Waals surface area contributed by atoms with E-state index in [-0.39, 0.29) is 11.7 Å². The van der Waals surface area contributed by atoms with Crippen LogP contribution in [0.1, 0.15) is 37.9 Å². The fourth-order valence-corrected chi connectivity index (χ4v) is 3.15. The van der Waals surface area contributed by atoms with Crippen LogP contribution in [-0.2, 0) is 4.74 Å². The summed E-state index contributed by atoms with van der Waals surface area (Å²) in [4.78, 5) is 0. The topological polar surface area (TPSA) is 47.9 Å². The van der Waals surface area contributed by atoms with E-state index in [1.807, 2.05) is 18.2 Å². The number of ether oxygens (including phenoxy) is 3. The van der Waals surface area contributed by atoms with Gasteiger partial charge in [0.25, 0.3) is 0 Å². The molecule has 0 saturated carbocycles. The van der Waals surface area contributed by atoms with Gasteiger partial charge in [-0.05, 0) is 25.1 Å². The molecule has 3 atom stereocenters. The first kappa shape index (κ1) is 12.8. The Kier molecular flexibility index (Phi) is 3.15. The standard InChI is InChI=1S/C15H20O4/c1-10-8-15(5-6-18-10)9-13(16)12-7-11(17-2)3-4-14(12)19-15/h3-4,7,10,13,16H,5-6,8-9H2,1-2H3. The fraction of sp³-hybridized carbons (Fsp3) is 0.600. The van der Waals surface area contributed by atoms with Gasteiger partial charge in [-0.2, -0.15) is 0 Å². The number of rotatable bonds is 1. The zero-order chi connectivity index (χ0) is 13.5. The molecule has 0 bridgehead atoms. The predicted molar refractivity (Wildman–Crippen MR) is 70.6 cm³/mol. The number of hydrogen-bond donors (Lipinski definition) is 1. The van der Waals surface area contributed by atoms with Crippen molar-refractivity contribution in [3.63, 3.8) is 0 Å². The smallest absolute Gasteiger partial charge is 0.126 e. The Bertz CT molecular complexity index is 473. The Morgan fingerprint density at radius 3 is 2.95 bits per heavy atom. The summed E-state index contributed by atoms with van der Waals surface area (Å²) in [7, 11) is 1.62. The van der Waals surface area contributed by atoms with Crippen molar-refractivity contribution in [3.05, 3.63) is 23.8 Å². The second-order valence-corrected chi connectivity index (χ2v) is 5.54. The minimum atomic E-state index is -0.496. The number of aliphatic hydroxyl groups is 1. The SMILES string of the molecule is COc1ccc2c(c1)C(O)CC1(CCOC(C)C1)O2. The van der Waals surface area contributed by atoms with E-state index >= 15 is 0 Å². The molecule has 0 aromatic heterocycles. The maximum absolute atomic E-state index is 10.4. The molecule has 1 N–H and O–H groups in total. The van der Waals surface area contributed by atoms with Gasteiger partial charge in [0.2, 0.25) is 0 Å². The summed E-state index contributed by atoms with van der Waals surface area (Å²) >= 11 is 0. The van der Waals surface area contributed by atoms with E-state index in [9.17, 15) is 5.11 Å². The van der Waals surface area contributed by atoms with Crippen molar-refractivity contribution in [1.29, 1.82) is 0 Å². The molecule has 0 radical (unpaired) electrons. The van der Waals surface area contributed by atoms with Gasteiger partial charge in [0.15, 0.2) is 0 Å². The number of hydrogen-bond acceptors (Lipinski definition) is 4. The second kappa shape index (κ2) is 4.69. The van der Waals surface area contributed by atoms with Gasteiger partial charge >= 0.3 is 0 Å². The van der Waals surface area contributed by atoms with E-state index in [1.165, 1.54) is 0 Å². The van der Waals surface area contributed by atoms with Gasteiger partial charge in [-0.15, -0.1) is 0 Å². The third-order valence-electron chi connectivity index (χ3n) is 4.09. The highest BCUT2D eigenvalue weighted by Crippen LogP contribution is 2.45. The van der Waals surface area contributed by atoms with Crippen molar-refractivity contribution in [2.45, 2.75) is 44.0 Å². The van der Waals surface area contributed by atoms with E-state index in [4.69, 9.17) is 14.2 Å². The molecule has 2 aliphatic rings. The van der Waals surface area contributed by atoms with Gasteiger partial charge < -0.3 is 19.3 Å². The molecule has 19 heavy (non-hydrogen) atoms. The zero-order valence-corrected chi connectivity index (χ0v) is 11.4. The van der Waals surface area contributed by atoms with Crippen molar-refractivity contribution < 1.29 is 19.3 Å². The maximum Gasteiger partial charge on any atom is 0.126 e. The minimum Gasteiger partial charge on any atom is -0.497 e. The highest BCUT2D eigenvalue weighted by molar-refractivity contribution is 5.43. The summed E-state index contributed by atoms with van der Waals surface area (Å²) in [5, 5.41) is 10.4. The maximum atomic E-state index is 10.4. The predicted octanol–water partition coefficient (Wildman–Crippen LogP) is 2.45. The fourth-order valence-electron chi connectivity index (χ4n) is 3.15. The first-order valence-electron chi connectivity index (χ1n) is 6.78. The summed E-state index contributed by atoms with van der Waals surface area (Å²) in [6.07, 6.45) is 1.97. The Balaban J connectivity index is 1.91. The summed E-state index contributed by atoms with van der Waals surface area (Å²) in [5.41, 5.74) is 0.544. The third-order valence-corrected chi connectivity index (χ3v) is 4.09. The average Bonchev–Trinajstić information content (AvgIpc) is 2.38. The van der Waals surface area contributed by atoms with Crippen molar-refractivity contribution >= 4 is 0 Å². The lowest BCUT2D eigenvalue weighted by Crippen LogP contribution is -2.47. The van der Waals surface area contributed by atoms with Crippen LogP contribution in [0.4, 0.5) is 0 Å². The second-order valence-electron chi connectivity index (χ2n) is 5.54. The van der Waals surface area contributed by atoms with E-state index in [1.54, 1.807) is 7.11 Å². The normalized spacial score (nSPS) is 33.6. The summed E-state index contributed by atoms with van der Waals surface area (Å²) in [6.45, 7) is 2.75. The first-order valence-corrected chi connectivity index (χ1v) is 6.78. The van der Waals surface area contributed by atoms with Crippen LogP contribution in [0.25, 0.3) is 0 Å². The van der Waals surface area contributed by atoms with Gasteiger partial charge in [0, 0.05) is 24.8 Å². The molecule has 104 valence electrons. The lowest BCUT2D eigenvalue weighted by molar-refractivity contribution is -0.111. The number of methoxy groups -OCH3 is 1. The van der Waals surface area contributed by atoms with Crippen molar-refractivity contribution in [3.8, 4) is 11.5 Å².